The quantitative estimate of drug-likeness (QED) is 0.563. The Morgan fingerprint density at radius 2 is 1.87 bits per heavy atom. The van der Waals surface area contributed by atoms with Gasteiger partial charge in [-0.2, -0.15) is 0 Å². The molecule has 0 spiro atoms. The second-order valence-corrected chi connectivity index (χ2v) is 6.72. The summed E-state index contributed by atoms with van der Waals surface area (Å²) in [6.07, 6.45) is 1.52. The minimum atomic E-state index is -0.288. The number of nitrogens with zero attached hydrogens (tertiary/aromatic N) is 2. The number of thioether (sulfide) groups is 1. The summed E-state index contributed by atoms with van der Waals surface area (Å²) in [5.41, 5.74) is 1.59. The first-order valence-electron chi connectivity index (χ1n) is 7.06. The van der Waals surface area contributed by atoms with Crippen molar-refractivity contribution < 1.29 is 4.79 Å². The van der Waals surface area contributed by atoms with E-state index in [2.05, 4.69) is 15.3 Å². The van der Waals surface area contributed by atoms with Gasteiger partial charge in [-0.3, -0.25) is 4.79 Å². The van der Waals surface area contributed by atoms with Crippen LogP contribution in [0.15, 0.2) is 59.9 Å². The number of amides is 1. The van der Waals surface area contributed by atoms with E-state index in [1.807, 2.05) is 31.2 Å². The first kappa shape index (κ1) is 15.8. The molecule has 0 saturated heterocycles. The molecule has 0 radical (unpaired) electrons. The van der Waals surface area contributed by atoms with Crippen LogP contribution < -0.4 is 5.32 Å². The Labute approximate surface area is 143 Å². The number of fused-ring (bicyclic) bond motifs is 1. The number of para-hydroxylation sites is 1. The average molecular weight is 344 g/mol. The monoisotopic (exact) mass is 343 g/mol. The molecule has 0 aliphatic carbocycles. The van der Waals surface area contributed by atoms with Gasteiger partial charge in [0.2, 0.25) is 5.91 Å². The minimum absolute atomic E-state index is 0.0833. The maximum Gasteiger partial charge on any atom is 0.237 e. The summed E-state index contributed by atoms with van der Waals surface area (Å²) in [4.78, 5) is 20.9. The zero-order valence-electron chi connectivity index (χ0n) is 12.4. The number of anilines is 1. The van der Waals surface area contributed by atoms with E-state index in [-0.39, 0.29) is 11.2 Å². The number of rotatable bonds is 4. The molecule has 4 nitrogen and oxygen atoms in total. The van der Waals surface area contributed by atoms with Crippen molar-refractivity contribution in [2.45, 2.75) is 17.2 Å². The van der Waals surface area contributed by atoms with Crippen LogP contribution in [0.4, 0.5) is 5.69 Å². The molecule has 1 aromatic heterocycles. The molecule has 0 bridgehead atoms. The van der Waals surface area contributed by atoms with Crippen LogP contribution in [0.5, 0.6) is 0 Å². The molecular weight excluding hydrogens is 330 g/mol. The molecule has 3 rings (SSSR count). The van der Waals surface area contributed by atoms with E-state index in [1.165, 1.54) is 18.1 Å². The molecule has 0 aliphatic rings. The number of nitrogens with one attached hydrogen (secondary N) is 1. The molecule has 0 unspecified atom stereocenters. The Morgan fingerprint density at radius 3 is 2.65 bits per heavy atom. The van der Waals surface area contributed by atoms with Crippen molar-refractivity contribution in [1.29, 1.82) is 0 Å². The zero-order valence-corrected chi connectivity index (χ0v) is 13.9. The Kier molecular flexibility index (Phi) is 4.79. The average Bonchev–Trinajstić information content (AvgIpc) is 2.57. The Balaban J connectivity index is 1.73. The number of hydrogen-bond donors (Lipinski definition) is 1. The number of hydrogen-bond acceptors (Lipinski definition) is 4. The summed E-state index contributed by atoms with van der Waals surface area (Å²) >= 11 is 7.26. The van der Waals surface area contributed by atoms with E-state index in [9.17, 15) is 4.79 Å². The number of carbonyl (C=O) groups is 1. The maximum atomic E-state index is 12.3. The lowest BCUT2D eigenvalue weighted by molar-refractivity contribution is -0.115. The van der Waals surface area contributed by atoms with Gasteiger partial charge in [-0.25, -0.2) is 9.97 Å². The van der Waals surface area contributed by atoms with Crippen molar-refractivity contribution in [2.75, 3.05) is 5.32 Å². The molecule has 23 heavy (non-hydrogen) atoms. The molecule has 1 heterocycles. The fourth-order valence-corrected chi connectivity index (χ4v) is 3.11. The lowest BCUT2D eigenvalue weighted by Crippen LogP contribution is -2.22. The van der Waals surface area contributed by atoms with Gasteiger partial charge in [-0.15, -0.1) is 0 Å². The van der Waals surface area contributed by atoms with Crippen molar-refractivity contribution in [3.8, 4) is 0 Å². The molecule has 1 amide bonds. The first-order valence-corrected chi connectivity index (χ1v) is 8.32. The normalized spacial score (nSPS) is 12.1. The molecule has 6 heteroatoms. The van der Waals surface area contributed by atoms with Gasteiger partial charge in [-0.05, 0) is 37.3 Å². The molecule has 1 atom stereocenters. The van der Waals surface area contributed by atoms with Gasteiger partial charge in [0, 0.05) is 16.1 Å². The van der Waals surface area contributed by atoms with Crippen LogP contribution in [0.3, 0.4) is 0 Å². The fourth-order valence-electron chi connectivity index (χ4n) is 2.07. The van der Waals surface area contributed by atoms with Crippen LogP contribution in [0, 0.1) is 0 Å². The number of carbonyl (C=O) groups excluding carboxylic acids is 1. The van der Waals surface area contributed by atoms with Crippen LogP contribution in [0.25, 0.3) is 10.9 Å². The van der Waals surface area contributed by atoms with Crippen molar-refractivity contribution in [2.24, 2.45) is 0 Å². The molecule has 2 aromatic carbocycles. The lowest BCUT2D eigenvalue weighted by Gasteiger charge is -2.12. The molecule has 1 N–H and O–H groups in total. The largest absolute Gasteiger partial charge is 0.325 e. The summed E-state index contributed by atoms with van der Waals surface area (Å²) < 4.78 is 0. The molecule has 0 aliphatic heterocycles. The second kappa shape index (κ2) is 6.98. The molecule has 116 valence electrons. The highest BCUT2D eigenvalue weighted by Crippen LogP contribution is 2.28. The fraction of sp³-hybridized carbons (Fsp3) is 0.118. The Hall–Kier alpha value is -2.11. The molecular formula is C17H14ClN3OS. The summed E-state index contributed by atoms with van der Waals surface area (Å²) in [5, 5.41) is 4.97. The van der Waals surface area contributed by atoms with Crippen LogP contribution in [-0.2, 0) is 4.79 Å². The van der Waals surface area contributed by atoms with Gasteiger partial charge < -0.3 is 5.32 Å². The minimum Gasteiger partial charge on any atom is -0.325 e. The highest BCUT2D eigenvalue weighted by atomic mass is 35.5. The van der Waals surface area contributed by atoms with Gasteiger partial charge in [-0.1, -0.05) is 41.6 Å². The highest BCUT2D eigenvalue weighted by molar-refractivity contribution is 8.00. The summed E-state index contributed by atoms with van der Waals surface area (Å²) in [7, 11) is 0. The van der Waals surface area contributed by atoms with Crippen LogP contribution in [-0.4, -0.2) is 21.1 Å². The van der Waals surface area contributed by atoms with Crippen molar-refractivity contribution in [3.63, 3.8) is 0 Å². The summed E-state index contributed by atoms with van der Waals surface area (Å²) in [6, 6.07) is 14.8. The van der Waals surface area contributed by atoms with E-state index >= 15 is 0 Å². The molecule has 3 aromatic rings. The molecule has 0 fully saturated rings. The van der Waals surface area contributed by atoms with Gasteiger partial charge in [0.15, 0.2) is 0 Å². The lowest BCUT2D eigenvalue weighted by atomic mass is 10.2. The number of halogens is 1. The van der Waals surface area contributed by atoms with Crippen molar-refractivity contribution in [3.05, 3.63) is 59.9 Å². The van der Waals surface area contributed by atoms with Gasteiger partial charge in [0.1, 0.15) is 11.4 Å². The van der Waals surface area contributed by atoms with Gasteiger partial charge in [0.05, 0.1) is 10.8 Å². The predicted octanol–water partition coefficient (Wildman–Crippen LogP) is 4.40. The number of aromatic nitrogens is 2. The molecule has 0 saturated carbocycles. The maximum absolute atomic E-state index is 12.3. The van der Waals surface area contributed by atoms with Crippen LogP contribution in [0.1, 0.15) is 6.92 Å². The second-order valence-electron chi connectivity index (χ2n) is 4.95. The third-order valence-electron chi connectivity index (χ3n) is 3.28. The van der Waals surface area contributed by atoms with E-state index in [0.717, 1.165) is 21.6 Å². The number of benzene rings is 2. The summed E-state index contributed by atoms with van der Waals surface area (Å²) in [5.74, 6) is -0.0833. The smallest absolute Gasteiger partial charge is 0.237 e. The first-order chi connectivity index (χ1) is 11.1. The van der Waals surface area contributed by atoms with E-state index in [1.54, 1.807) is 24.3 Å². The van der Waals surface area contributed by atoms with Crippen LogP contribution >= 0.6 is 23.4 Å². The SMILES string of the molecule is C[C@@H](Sc1ncnc2ccccc12)C(=O)Nc1ccc(Cl)cc1. The van der Waals surface area contributed by atoms with Gasteiger partial charge >= 0.3 is 0 Å². The predicted molar refractivity (Wildman–Crippen MR) is 94.9 cm³/mol. The van der Waals surface area contributed by atoms with E-state index < -0.39 is 0 Å². The van der Waals surface area contributed by atoms with Gasteiger partial charge in [0.25, 0.3) is 0 Å². The third-order valence-corrected chi connectivity index (χ3v) is 4.64. The van der Waals surface area contributed by atoms with Crippen molar-refractivity contribution >= 4 is 45.9 Å². The Bertz CT molecular complexity index is 833. The van der Waals surface area contributed by atoms with E-state index in [4.69, 9.17) is 11.6 Å². The van der Waals surface area contributed by atoms with E-state index in [0.29, 0.717) is 5.02 Å². The third kappa shape index (κ3) is 3.81. The highest BCUT2D eigenvalue weighted by Gasteiger charge is 2.17. The standard InChI is InChI=1S/C17H14ClN3OS/c1-11(16(22)21-13-8-6-12(18)7-9-13)23-17-14-4-2-3-5-15(14)19-10-20-17/h2-11H,1H3,(H,21,22)/t11-/m1/s1. The Morgan fingerprint density at radius 1 is 1.13 bits per heavy atom. The van der Waals surface area contributed by atoms with Crippen molar-refractivity contribution in [1.82, 2.24) is 9.97 Å². The topological polar surface area (TPSA) is 54.9 Å². The van der Waals surface area contributed by atoms with Crippen LogP contribution in [0.2, 0.25) is 5.02 Å². The summed E-state index contributed by atoms with van der Waals surface area (Å²) in [6.45, 7) is 1.85. The zero-order chi connectivity index (χ0) is 16.2.